The third-order valence-corrected chi connectivity index (χ3v) is 5.83. The van der Waals surface area contributed by atoms with Crippen LogP contribution >= 0.6 is 11.3 Å². The number of hydrogen-bond donors (Lipinski definition) is 0. The molecule has 130 valence electrons. The van der Waals surface area contributed by atoms with Crippen LogP contribution in [-0.4, -0.2) is 37.9 Å². The van der Waals surface area contributed by atoms with Crippen LogP contribution in [0, 0.1) is 6.92 Å². The molecule has 0 atom stereocenters. The molecule has 26 heavy (non-hydrogen) atoms. The number of aryl methyl sites for hydroxylation is 1. The van der Waals surface area contributed by atoms with Gasteiger partial charge in [-0.3, -0.25) is 4.98 Å². The van der Waals surface area contributed by atoms with Gasteiger partial charge >= 0.3 is 0 Å². The molecule has 0 aromatic carbocycles. The Labute approximate surface area is 154 Å². The van der Waals surface area contributed by atoms with E-state index in [9.17, 15) is 0 Å². The van der Waals surface area contributed by atoms with Gasteiger partial charge in [-0.25, -0.2) is 0 Å². The normalized spacial score (nSPS) is 15.4. The Morgan fingerprint density at radius 2 is 1.96 bits per heavy atom. The highest BCUT2D eigenvalue weighted by atomic mass is 32.1. The average molecular weight is 362 g/mol. The number of anilines is 1. The second kappa shape index (κ2) is 6.17. The van der Waals surface area contributed by atoms with E-state index in [4.69, 9.17) is 0 Å². The minimum absolute atomic E-state index is 0.673. The van der Waals surface area contributed by atoms with E-state index < -0.39 is 0 Å². The largest absolute Gasteiger partial charge is 0.363 e. The molecule has 6 nitrogen and oxygen atoms in total. The first kappa shape index (κ1) is 15.5. The van der Waals surface area contributed by atoms with Gasteiger partial charge in [-0.05, 0) is 50.1 Å². The van der Waals surface area contributed by atoms with E-state index in [0.29, 0.717) is 5.82 Å². The lowest BCUT2D eigenvalue weighted by Gasteiger charge is -2.13. The predicted molar refractivity (Wildman–Crippen MR) is 103 cm³/mol. The molecule has 0 radical (unpaired) electrons. The van der Waals surface area contributed by atoms with Crippen molar-refractivity contribution in [3.8, 4) is 11.5 Å². The lowest BCUT2D eigenvalue weighted by atomic mass is 10.3. The second-order valence-corrected chi connectivity index (χ2v) is 7.58. The molecule has 0 bridgehead atoms. The van der Waals surface area contributed by atoms with E-state index in [0.717, 1.165) is 22.3 Å². The maximum atomic E-state index is 4.64. The van der Waals surface area contributed by atoms with Crippen LogP contribution in [0.15, 0.2) is 36.5 Å². The van der Waals surface area contributed by atoms with Crippen molar-refractivity contribution in [3.05, 3.63) is 52.3 Å². The van der Waals surface area contributed by atoms with Gasteiger partial charge in [0, 0.05) is 29.4 Å². The fraction of sp³-hybridized carbons (Fsp3) is 0.263. The standard InChI is InChI=1S/C19H18N6S/c1-13-15(12-14-7-8-17(26-14)24-10-4-5-11-24)18-21-22-19(25(18)23-13)16-6-2-3-9-20-16/h2-3,6-9,12H,4-5,10-11H2,1H3/b15-12-. The van der Waals surface area contributed by atoms with E-state index in [1.54, 1.807) is 10.7 Å². The van der Waals surface area contributed by atoms with Crippen LogP contribution in [0.5, 0.6) is 0 Å². The minimum Gasteiger partial charge on any atom is -0.363 e. The summed E-state index contributed by atoms with van der Waals surface area (Å²) < 4.78 is 1.79. The van der Waals surface area contributed by atoms with Crippen molar-refractivity contribution in [3.63, 3.8) is 0 Å². The minimum atomic E-state index is 0.673. The molecule has 5 heterocycles. The van der Waals surface area contributed by atoms with Gasteiger partial charge in [-0.15, -0.1) is 21.5 Å². The first-order chi connectivity index (χ1) is 12.8. The summed E-state index contributed by atoms with van der Waals surface area (Å²) in [5.74, 6) is 0.673. The molecule has 0 aliphatic carbocycles. The van der Waals surface area contributed by atoms with Gasteiger partial charge in [0.2, 0.25) is 5.82 Å². The van der Waals surface area contributed by atoms with Crippen molar-refractivity contribution in [1.82, 2.24) is 24.8 Å². The first-order valence-corrected chi connectivity index (χ1v) is 9.61. The van der Waals surface area contributed by atoms with E-state index in [2.05, 4.69) is 43.4 Å². The SMILES string of the molecule is Cc1nn2c(-c3ccccn3)nnc2/c1=C\c1ccc(N2CCCC2)s1. The number of thiophene rings is 1. The van der Waals surface area contributed by atoms with Gasteiger partial charge in [-0.2, -0.15) is 9.61 Å². The lowest BCUT2D eigenvalue weighted by Crippen LogP contribution is -2.15. The number of hydrogen-bond acceptors (Lipinski definition) is 6. The molecule has 0 N–H and O–H groups in total. The van der Waals surface area contributed by atoms with Gasteiger partial charge in [0.25, 0.3) is 0 Å². The molecule has 4 aromatic heterocycles. The van der Waals surface area contributed by atoms with Gasteiger partial charge in [0.1, 0.15) is 5.69 Å². The molecule has 1 aliphatic heterocycles. The number of pyridine rings is 1. The topological polar surface area (TPSA) is 59.2 Å². The third kappa shape index (κ3) is 2.55. The summed E-state index contributed by atoms with van der Waals surface area (Å²) in [5, 5.41) is 15.7. The van der Waals surface area contributed by atoms with Crippen LogP contribution in [0.3, 0.4) is 0 Å². The summed E-state index contributed by atoms with van der Waals surface area (Å²) in [6, 6.07) is 10.1. The molecule has 4 aromatic rings. The Morgan fingerprint density at radius 1 is 1.08 bits per heavy atom. The second-order valence-electron chi connectivity index (χ2n) is 6.49. The zero-order valence-corrected chi connectivity index (χ0v) is 15.3. The molecule has 1 saturated heterocycles. The van der Waals surface area contributed by atoms with Crippen LogP contribution in [0.1, 0.15) is 23.4 Å². The maximum absolute atomic E-state index is 4.64. The lowest BCUT2D eigenvalue weighted by molar-refractivity contribution is 0.930. The highest BCUT2D eigenvalue weighted by Gasteiger charge is 2.16. The quantitative estimate of drug-likeness (QED) is 0.561. The number of rotatable bonds is 3. The molecule has 0 spiro atoms. The maximum Gasteiger partial charge on any atom is 0.203 e. The summed E-state index contributed by atoms with van der Waals surface area (Å²) in [6.45, 7) is 4.34. The van der Waals surface area contributed by atoms with Crippen LogP contribution in [-0.2, 0) is 0 Å². The van der Waals surface area contributed by atoms with Crippen molar-refractivity contribution in [2.75, 3.05) is 18.0 Å². The van der Waals surface area contributed by atoms with E-state index >= 15 is 0 Å². The van der Waals surface area contributed by atoms with Crippen LogP contribution in [0.2, 0.25) is 0 Å². The van der Waals surface area contributed by atoms with Gasteiger partial charge < -0.3 is 4.90 Å². The first-order valence-electron chi connectivity index (χ1n) is 8.79. The van der Waals surface area contributed by atoms with Gasteiger partial charge in [0.05, 0.1) is 10.7 Å². The zero-order chi connectivity index (χ0) is 17.5. The summed E-state index contributed by atoms with van der Waals surface area (Å²) >= 11 is 1.82. The summed E-state index contributed by atoms with van der Waals surface area (Å²) in [7, 11) is 0. The van der Waals surface area contributed by atoms with Crippen molar-refractivity contribution in [2.24, 2.45) is 0 Å². The van der Waals surface area contributed by atoms with E-state index in [1.165, 1.54) is 35.8 Å². The van der Waals surface area contributed by atoms with Crippen molar-refractivity contribution >= 4 is 28.1 Å². The smallest absolute Gasteiger partial charge is 0.203 e. The van der Waals surface area contributed by atoms with Gasteiger partial charge in [0.15, 0.2) is 5.65 Å². The molecule has 1 fully saturated rings. The number of fused-ring (bicyclic) bond motifs is 1. The number of aromatic nitrogens is 5. The van der Waals surface area contributed by atoms with Crippen molar-refractivity contribution in [2.45, 2.75) is 19.8 Å². The molecule has 0 saturated carbocycles. The van der Waals surface area contributed by atoms with Crippen LogP contribution in [0.25, 0.3) is 23.2 Å². The molecular formula is C19H18N6S. The Hall–Kier alpha value is -2.80. The van der Waals surface area contributed by atoms with Crippen molar-refractivity contribution in [1.29, 1.82) is 0 Å². The fourth-order valence-electron chi connectivity index (χ4n) is 3.40. The van der Waals surface area contributed by atoms with Crippen LogP contribution < -0.4 is 10.1 Å². The van der Waals surface area contributed by atoms with Crippen LogP contribution in [0.4, 0.5) is 5.00 Å². The molecule has 0 unspecified atom stereocenters. The Kier molecular flexibility index (Phi) is 3.67. The van der Waals surface area contributed by atoms with E-state index in [1.807, 2.05) is 36.5 Å². The average Bonchev–Trinajstić information content (AvgIpc) is 3.42. The molecule has 7 heteroatoms. The monoisotopic (exact) mass is 362 g/mol. The molecule has 5 rings (SSSR count). The zero-order valence-electron chi connectivity index (χ0n) is 14.5. The Bertz CT molecular complexity index is 1110. The molecule has 1 aliphatic rings. The molecule has 0 amide bonds. The summed E-state index contributed by atoms with van der Waals surface area (Å²) in [6.07, 6.45) is 6.50. The highest BCUT2D eigenvalue weighted by Crippen LogP contribution is 2.29. The van der Waals surface area contributed by atoms with E-state index in [-0.39, 0.29) is 0 Å². The summed E-state index contributed by atoms with van der Waals surface area (Å²) in [4.78, 5) is 8.04. The Morgan fingerprint density at radius 3 is 2.77 bits per heavy atom. The molecular weight excluding hydrogens is 344 g/mol. The van der Waals surface area contributed by atoms with Crippen molar-refractivity contribution < 1.29 is 0 Å². The third-order valence-electron chi connectivity index (χ3n) is 4.73. The fourth-order valence-corrected chi connectivity index (χ4v) is 4.40. The summed E-state index contributed by atoms with van der Waals surface area (Å²) in [5.41, 5.74) is 2.50. The Balaban J connectivity index is 1.58. The highest BCUT2D eigenvalue weighted by molar-refractivity contribution is 7.16. The van der Waals surface area contributed by atoms with Gasteiger partial charge in [-0.1, -0.05) is 6.07 Å². The predicted octanol–water partition coefficient (Wildman–Crippen LogP) is 2.70. The number of nitrogens with zero attached hydrogens (tertiary/aromatic N) is 6.